The Kier molecular flexibility index (Phi) is 3.46. The highest BCUT2D eigenvalue weighted by molar-refractivity contribution is 6.07. The second-order valence-electron chi connectivity index (χ2n) is 6.22. The fraction of sp³-hybridized carbons (Fsp3) is 0.316. The van der Waals surface area contributed by atoms with Gasteiger partial charge in [0.15, 0.2) is 0 Å². The number of hydrogen-bond acceptors (Lipinski definition) is 4. The van der Waals surface area contributed by atoms with Crippen LogP contribution in [0.4, 0.5) is 5.69 Å². The van der Waals surface area contributed by atoms with Crippen LogP contribution in [0.1, 0.15) is 23.6 Å². The molecule has 0 saturated carbocycles. The van der Waals surface area contributed by atoms with E-state index >= 15 is 0 Å². The van der Waals surface area contributed by atoms with Gasteiger partial charge in [-0.15, -0.1) is 0 Å². The highest BCUT2D eigenvalue weighted by Crippen LogP contribution is 2.52. The van der Waals surface area contributed by atoms with E-state index in [4.69, 9.17) is 9.47 Å². The van der Waals surface area contributed by atoms with Crippen LogP contribution in [0.25, 0.3) is 0 Å². The molecule has 1 spiro atoms. The van der Waals surface area contributed by atoms with Crippen molar-refractivity contribution in [3.63, 3.8) is 0 Å². The second-order valence-corrected chi connectivity index (χ2v) is 6.22. The number of benzene rings is 2. The summed E-state index contributed by atoms with van der Waals surface area (Å²) in [5, 5.41) is 6.55. The number of fused-ring (bicyclic) bond motifs is 2. The lowest BCUT2D eigenvalue weighted by molar-refractivity contribution is -0.121. The van der Waals surface area contributed by atoms with E-state index in [2.05, 4.69) is 10.6 Å². The van der Waals surface area contributed by atoms with Crippen LogP contribution >= 0.6 is 0 Å². The molecule has 1 saturated heterocycles. The van der Waals surface area contributed by atoms with Gasteiger partial charge in [0.05, 0.1) is 25.7 Å². The van der Waals surface area contributed by atoms with E-state index < -0.39 is 5.41 Å². The number of hydrogen-bond donors (Lipinski definition) is 2. The molecule has 0 aliphatic carbocycles. The molecule has 24 heavy (non-hydrogen) atoms. The van der Waals surface area contributed by atoms with Crippen LogP contribution < -0.4 is 20.1 Å². The average Bonchev–Trinajstić information content (AvgIpc) is 3.18. The average molecular weight is 324 g/mol. The molecule has 0 aromatic heterocycles. The molecule has 4 rings (SSSR count). The lowest BCUT2D eigenvalue weighted by atomic mass is 9.72. The predicted octanol–water partition coefficient (Wildman–Crippen LogP) is 2.63. The van der Waals surface area contributed by atoms with Crippen molar-refractivity contribution < 1.29 is 14.3 Å². The molecule has 2 aliphatic rings. The summed E-state index contributed by atoms with van der Waals surface area (Å²) in [6, 6.07) is 13.6. The van der Waals surface area contributed by atoms with Gasteiger partial charge in [-0.1, -0.05) is 24.3 Å². The van der Waals surface area contributed by atoms with Gasteiger partial charge in [0.25, 0.3) is 0 Å². The SMILES string of the molecule is COc1ccc(C2NCCC23C(=O)Nc2ccccc23)c(OC)c1. The van der Waals surface area contributed by atoms with Gasteiger partial charge in [0, 0.05) is 17.3 Å². The van der Waals surface area contributed by atoms with E-state index in [1.807, 2.05) is 42.5 Å². The Hall–Kier alpha value is -2.53. The summed E-state index contributed by atoms with van der Waals surface area (Å²) in [5.41, 5.74) is 2.34. The molecule has 0 radical (unpaired) electrons. The van der Waals surface area contributed by atoms with E-state index in [0.29, 0.717) is 0 Å². The second kappa shape index (κ2) is 5.53. The molecular weight excluding hydrogens is 304 g/mol. The van der Waals surface area contributed by atoms with Crippen molar-refractivity contribution in [3.05, 3.63) is 53.6 Å². The quantitative estimate of drug-likeness (QED) is 0.911. The van der Waals surface area contributed by atoms with E-state index in [1.54, 1.807) is 14.2 Å². The Labute approximate surface area is 141 Å². The summed E-state index contributed by atoms with van der Waals surface area (Å²) in [5.74, 6) is 1.51. The first-order chi connectivity index (χ1) is 11.7. The van der Waals surface area contributed by atoms with Crippen molar-refractivity contribution in [1.82, 2.24) is 5.32 Å². The minimum Gasteiger partial charge on any atom is -0.497 e. The Morgan fingerprint density at radius 3 is 2.75 bits per heavy atom. The number of ether oxygens (including phenoxy) is 2. The Morgan fingerprint density at radius 1 is 1.12 bits per heavy atom. The number of carbonyl (C=O) groups excluding carboxylic acids is 1. The van der Waals surface area contributed by atoms with Crippen LogP contribution in [-0.2, 0) is 10.2 Å². The maximum absolute atomic E-state index is 12.9. The van der Waals surface area contributed by atoms with Crippen molar-refractivity contribution in [2.45, 2.75) is 17.9 Å². The van der Waals surface area contributed by atoms with Gasteiger partial charge in [-0.05, 0) is 30.7 Å². The summed E-state index contributed by atoms with van der Waals surface area (Å²) in [4.78, 5) is 12.9. The molecule has 2 N–H and O–H groups in total. The van der Waals surface area contributed by atoms with Crippen molar-refractivity contribution in [3.8, 4) is 11.5 Å². The minimum atomic E-state index is -0.599. The zero-order valence-electron chi connectivity index (χ0n) is 13.8. The van der Waals surface area contributed by atoms with E-state index in [0.717, 1.165) is 41.3 Å². The molecule has 124 valence electrons. The fourth-order valence-corrected chi connectivity index (χ4v) is 4.04. The summed E-state index contributed by atoms with van der Waals surface area (Å²) in [6.07, 6.45) is 0.760. The summed E-state index contributed by atoms with van der Waals surface area (Å²) < 4.78 is 10.9. The molecule has 5 nitrogen and oxygen atoms in total. The third-order valence-electron chi connectivity index (χ3n) is 5.17. The molecule has 1 amide bonds. The molecule has 0 bridgehead atoms. The number of amides is 1. The maximum atomic E-state index is 12.9. The number of para-hydroxylation sites is 1. The molecule has 2 aliphatic heterocycles. The number of methoxy groups -OCH3 is 2. The van der Waals surface area contributed by atoms with Gasteiger partial charge in [-0.25, -0.2) is 0 Å². The lowest BCUT2D eigenvalue weighted by Gasteiger charge is -2.30. The Bertz CT molecular complexity index is 805. The van der Waals surface area contributed by atoms with Gasteiger partial charge in [0.2, 0.25) is 5.91 Å². The topological polar surface area (TPSA) is 59.6 Å². The van der Waals surface area contributed by atoms with Crippen LogP contribution in [0.3, 0.4) is 0 Å². The molecule has 2 heterocycles. The van der Waals surface area contributed by atoms with Gasteiger partial charge in [0.1, 0.15) is 11.5 Å². The molecule has 5 heteroatoms. The van der Waals surface area contributed by atoms with Crippen LogP contribution in [0.15, 0.2) is 42.5 Å². The molecule has 2 unspecified atom stereocenters. The molecular formula is C19H20N2O3. The highest BCUT2D eigenvalue weighted by atomic mass is 16.5. The minimum absolute atomic E-state index is 0.0524. The first-order valence-electron chi connectivity index (χ1n) is 8.07. The van der Waals surface area contributed by atoms with Gasteiger partial charge in [-0.2, -0.15) is 0 Å². The van der Waals surface area contributed by atoms with Crippen molar-refractivity contribution in [1.29, 1.82) is 0 Å². The van der Waals surface area contributed by atoms with Crippen molar-refractivity contribution >= 4 is 11.6 Å². The molecule has 2 atom stereocenters. The van der Waals surface area contributed by atoms with E-state index in [1.165, 1.54) is 0 Å². The summed E-state index contributed by atoms with van der Waals surface area (Å²) >= 11 is 0. The third-order valence-corrected chi connectivity index (χ3v) is 5.17. The smallest absolute Gasteiger partial charge is 0.237 e. The van der Waals surface area contributed by atoms with Gasteiger partial charge < -0.3 is 20.1 Å². The predicted molar refractivity (Wildman–Crippen MR) is 91.7 cm³/mol. The Morgan fingerprint density at radius 2 is 1.96 bits per heavy atom. The molecule has 2 aromatic carbocycles. The third kappa shape index (κ3) is 1.94. The van der Waals surface area contributed by atoms with Crippen LogP contribution in [0.5, 0.6) is 11.5 Å². The van der Waals surface area contributed by atoms with Crippen molar-refractivity contribution in [2.75, 3.05) is 26.1 Å². The zero-order valence-corrected chi connectivity index (χ0v) is 13.8. The maximum Gasteiger partial charge on any atom is 0.237 e. The summed E-state index contributed by atoms with van der Waals surface area (Å²) in [6.45, 7) is 0.779. The van der Waals surface area contributed by atoms with Crippen LogP contribution in [0, 0.1) is 0 Å². The van der Waals surface area contributed by atoms with Crippen LogP contribution in [0.2, 0.25) is 0 Å². The summed E-state index contributed by atoms with van der Waals surface area (Å²) in [7, 11) is 3.27. The first kappa shape index (κ1) is 15.0. The van der Waals surface area contributed by atoms with Gasteiger partial charge >= 0.3 is 0 Å². The molecule has 2 aromatic rings. The van der Waals surface area contributed by atoms with E-state index in [9.17, 15) is 4.79 Å². The Balaban J connectivity index is 1.86. The zero-order chi connectivity index (χ0) is 16.7. The molecule has 1 fully saturated rings. The fourth-order valence-electron chi connectivity index (χ4n) is 4.04. The lowest BCUT2D eigenvalue weighted by Crippen LogP contribution is -2.39. The van der Waals surface area contributed by atoms with Crippen LogP contribution in [-0.4, -0.2) is 26.7 Å². The number of carbonyl (C=O) groups is 1. The number of nitrogens with one attached hydrogen (secondary N) is 2. The number of rotatable bonds is 3. The standard InChI is InChI=1S/C19H20N2O3/c1-23-12-7-8-13(16(11-12)24-2)17-19(9-10-20-17)14-5-3-4-6-15(14)21-18(19)22/h3-8,11,17,20H,9-10H2,1-2H3,(H,21,22). The van der Waals surface area contributed by atoms with E-state index in [-0.39, 0.29) is 11.9 Å². The van der Waals surface area contributed by atoms with Crippen molar-refractivity contribution in [2.24, 2.45) is 0 Å². The number of anilines is 1. The normalized spacial score (nSPS) is 24.8. The highest BCUT2D eigenvalue weighted by Gasteiger charge is 2.55. The largest absolute Gasteiger partial charge is 0.497 e. The first-order valence-corrected chi connectivity index (χ1v) is 8.07. The monoisotopic (exact) mass is 324 g/mol. The van der Waals surface area contributed by atoms with Gasteiger partial charge in [-0.3, -0.25) is 4.79 Å².